The third-order valence-corrected chi connectivity index (χ3v) is 7.05. The van der Waals surface area contributed by atoms with Gasteiger partial charge in [-0.05, 0) is 49.8 Å². The van der Waals surface area contributed by atoms with Crippen molar-refractivity contribution in [3.63, 3.8) is 0 Å². The summed E-state index contributed by atoms with van der Waals surface area (Å²) in [7, 11) is 0. The van der Waals surface area contributed by atoms with Crippen LogP contribution in [0.25, 0.3) is 0 Å². The molecule has 2 aromatic heterocycles. The standard InChI is InChI=1S/C30H45FN2O2/c1-3-5-7-9-11-13-19-34-26-17-18-28(32-23-26)25-16-15-24-22-29(33-30(31)27(24)21-25)35-20-14-12-10-8-6-4-2/h17-18,22-23,25H,3-16,19-21H2,1-2H3. The highest BCUT2D eigenvalue weighted by Crippen LogP contribution is 2.34. The number of nitrogens with zero attached hydrogens (tertiary/aromatic N) is 2. The summed E-state index contributed by atoms with van der Waals surface area (Å²) in [5, 5.41) is 0. The smallest absolute Gasteiger partial charge is 0.219 e. The Morgan fingerprint density at radius 1 is 0.857 bits per heavy atom. The van der Waals surface area contributed by atoms with Crippen LogP contribution < -0.4 is 9.47 Å². The lowest BCUT2D eigenvalue weighted by Crippen LogP contribution is -2.17. The van der Waals surface area contributed by atoms with Crippen molar-refractivity contribution in [3.05, 3.63) is 47.2 Å². The summed E-state index contributed by atoms with van der Waals surface area (Å²) in [5.74, 6) is 1.07. The van der Waals surface area contributed by atoms with Gasteiger partial charge in [-0.1, -0.05) is 78.1 Å². The van der Waals surface area contributed by atoms with E-state index in [0.29, 0.717) is 18.9 Å². The van der Waals surface area contributed by atoms with Gasteiger partial charge in [-0.3, -0.25) is 4.98 Å². The van der Waals surface area contributed by atoms with Crippen LogP contribution in [0.2, 0.25) is 0 Å². The summed E-state index contributed by atoms with van der Waals surface area (Å²) in [4.78, 5) is 8.76. The minimum atomic E-state index is -0.385. The lowest BCUT2D eigenvalue weighted by molar-refractivity contribution is 0.287. The van der Waals surface area contributed by atoms with Crippen LogP contribution in [0.3, 0.4) is 0 Å². The van der Waals surface area contributed by atoms with Gasteiger partial charge in [0.15, 0.2) is 0 Å². The predicted molar refractivity (Wildman–Crippen MR) is 141 cm³/mol. The van der Waals surface area contributed by atoms with Crippen LogP contribution in [0.1, 0.15) is 120 Å². The monoisotopic (exact) mass is 484 g/mol. The number of hydrogen-bond acceptors (Lipinski definition) is 4. The van der Waals surface area contributed by atoms with Crippen LogP contribution in [-0.4, -0.2) is 23.2 Å². The van der Waals surface area contributed by atoms with Crippen molar-refractivity contribution < 1.29 is 13.9 Å². The van der Waals surface area contributed by atoms with E-state index in [2.05, 4.69) is 23.8 Å². The summed E-state index contributed by atoms with van der Waals surface area (Å²) in [6, 6.07) is 5.98. The maximum absolute atomic E-state index is 14.8. The number of pyridine rings is 2. The molecule has 1 atom stereocenters. The molecule has 0 aromatic carbocycles. The van der Waals surface area contributed by atoms with E-state index < -0.39 is 0 Å². The van der Waals surface area contributed by atoms with Gasteiger partial charge in [-0.25, -0.2) is 0 Å². The number of aryl methyl sites for hydroxylation is 1. The molecule has 5 heteroatoms. The van der Waals surface area contributed by atoms with Crippen LogP contribution in [0.15, 0.2) is 24.4 Å². The molecule has 0 spiro atoms. The molecule has 0 saturated carbocycles. The average molecular weight is 485 g/mol. The molecule has 3 rings (SSSR count). The van der Waals surface area contributed by atoms with Crippen LogP contribution >= 0.6 is 0 Å². The second kappa shape index (κ2) is 15.7. The molecule has 35 heavy (non-hydrogen) atoms. The molecule has 2 heterocycles. The van der Waals surface area contributed by atoms with E-state index >= 15 is 0 Å². The maximum atomic E-state index is 14.8. The van der Waals surface area contributed by atoms with Crippen molar-refractivity contribution in [1.82, 2.24) is 9.97 Å². The Kier molecular flexibility index (Phi) is 12.3. The normalized spacial score (nSPS) is 15.1. The Morgan fingerprint density at radius 2 is 1.51 bits per heavy atom. The summed E-state index contributed by atoms with van der Waals surface area (Å²) in [6.07, 6.45) is 19.0. The van der Waals surface area contributed by atoms with Crippen molar-refractivity contribution in [3.8, 4) is 11.6 Å². The molecule has 0 amide bonds. The topological polar surface area (TPSA) is 44.2 Å². The Morgan fingerprint density at radius 3 is 2.17 bits per heavy atom. The van der Waals surface area contributed by atoms with E-state index in [1.165, 1.54) is 57.8 Å². The summed E-state index contributed by atoms with van der Waals surface area (Å²) < 4.78 is 26.5. The minimum Gasteiger partial charge on any atom is -0.492 e. The van der Waals surface area contributed by atoms with Gasteiger partial charge in [0.1, 0.15) is 5.75 Å². The second-order valence-electron chi connectivity index (χ2n) is 9.98. The first-order valence-electron chi connectivity index (χ1n) is 14.1. The minimum absolute atomic E-state index is 0.210. The van der Waals surface area contributed by atoms with E-state index in [-0.39, 0.29) is 11.9 Å². The fraction of sp³-hybridized carbons (Fsp3) is 0.667. The number of aromatic nitrogens is 2. The van der Waals surface area contributed by atoms with E-state index in [1.54, 1.807) is 0 Å². The van der Waals surface area contributed by atoms with E-state index in [0.717, 1.165) is 61.3 Å². The average Bonchev–Trinajstić information content (AvgIpc) is 2.88. The zero-order valence-corrected chi connectivity index (χ0v) is 22.0. The molecule has 0 bridgehead atoms. The molecule has 1 unspecified atom stereocenters. The molecular weight excluding hydrogens is 439 g/mol. The van der Waals surface area contributed by atoms with Gasteiger partial charge in [0.05, 0.1) is 19.4 Å². The highest BCUT2D eigenvalue weighted by molar-refractivity contribution is 5.35. The van der Waals surface area contributed by atoms with Gasteiger partial charge in [0.25, 0.3) is 0 Å². The molecular formula is C30H45FN2O2. The van der Waals surface area contributed by atoms with E-state index in [1.807, 2.05) is 24.4 Å². The Hall–Kier alpha value is -2.17. The molecule has 1 aliphatic rings. The van der Waals surface area contributed by atoms with Crippen molar-refractivity contribution in [2.45, 2.75) is 116 Å². The summed E-state index contributed by atoms with van der Waals surface area (Å²) in [5.41, 5.74) is 2.76. The van der Waals surface area contributed by atoms with Crippen molar-refractivity contribution in [2.24, 2.45) is 0 Å². The number of ether oxygens (including phenoxy) is 2. The molecule has 0 aliphatic heterocycles. The predicted octanol–water partition coefficient (Wildman–Crippen LogP) is 8.37. The number of fused-ring (bicyclic) bond motifs is 1. The number of hydrogen-bond donors (Lipinski definition) is 0. The first-order valence-corrected chi connectivity index (χ1v) is 14.1. The molecule has 0 fully saturated rings. The van der Waals surface area contributed by atoms with Gasteiger partial charge in [-0.15, -0.1) is 0 Å². The lowest BCUT2D eigenvalue weighted by atomic mass is 9.82. The van der Waals surface area contributed by atoms with E-state index in [4.69, 9.17) is 9.47 Å². The SMILES string of the molecule is CCCCCCCCOc1ccc(C2CCc3cc(OCCCCCCCC)nc(F)c3C2)nc1. The molecule has 0 radical (unpaired) electrons. The van der Waals surface area contributed by atoms with Crippen LogP contribution in [-0.2, 0) is 12.8 Å². The van der Waals surface area contributed by atoms with Crippen LogP contribution in [0.5, 0.6) is 11.6 Å². The third-order valence-electron chi connectivity index (χ3n) is 7.05. The molecule has 1 aliphatic carbocycles. The molecule has 4 nitrogen and oxygen atoms in total. The van der Waals surface area contributed by atoms with Crippen molar-refractivity contribution in [2.75, 3.05) is 13.2 Å². The number of unbranched alkanes of at least 4 members (excludes halogenated alkanes) is 10. The van der Waals surface area contributed by atoms with Crippen molar-refractivity contribution >= 4 is 0 Å². The fourth-order valence-corrected chi connectivity index (χ4v) is 4.86. The van der Waals surface area contributed by atoms with E-state index in [9.17, 15) is 4.39 Å². The van der Waals surface area contributed by atoms with Gasteiger partial charge in [-0.2, -0.15) is 9.37 Å². The largest absolute Gasteiger partial charge is 0.492 e. The van der Waals surface area contributed by atoms with Gasteiger partial charge in [0, 0.05) is 23.2 Å². The van der Waals surface area contributed by atoms with Gasteiger partial charge >= 0.3 is 0 Å². The fourth-order valence-electron chi connectivity index (χ4n) is 4.86. The Balaban J connectivity index is 1.43. The first kappa shape index (κ1) is 27.4. The van der Waals surface area contributed by atoms with Crippen molar-refractivity contribution in [1.29, 1.82) is 0 Å². The van der Waals surface area contributed by atoms with Gasteiger partial charge < -0.3 is 9.47 Å². The quantitative estimate of drug-likeness (QED) is 0.167. The highest BCUT2D eigenvalue weighted by Gasteiger charge is 2.25. The zero-order chi connectivity index (χ0) is 24.7. The highest BCUT2D eigenvalue weighted by atomic mass is 19.1. The van der Waals surface area contributed by atoms with Crippen LogP contribution in [0.4, 0.5) is 4.39 Å². The lowest BCUT2D eigenvalue weighted by Gasteiger charge is -2.25. The molecule has 0 saturated heterocycles. The van der Waals surface area contributed by atoms with Gasteiger partial charge in [0.2, 0.25) is 11.8 Å². The Bertz CT molecular complexity index is 856. The zero-order valence-electron chi connectivity index (χ0n) is 22.0. The maximum Gasteiger partial charge on any atom is 0.219 e. The summed E-state index contributed by atoms with van der Waals surface area (Å²) >= 11 is 0. The number of rotatable bonds is 17. The molecule has 2 aromatic rings. The second-order valence-corrected chi connectivity index (χ2v) is 9.98. The first-order chi connectivity index (χ1) is 17.2. The Labute approximate surface area is 212 Å². The molecule has 194 valence electrons. The summed E-state index contributed by atoms with van der Waals surface area (Å²) in [6.45, 7) is 5.81. The third kappa shape index (κ3) is 9.42. The molecule has 0 N–H and O–H groups in total. The number of halogens is 1. The van der Waals surface area contributed by atoms with Crippen LogP contribution in [0, 0.1) is 5.95 Å².